The summed E-state index contributed by atoms with van der Waals surface area (Å²) in [5, 5.41) is 0. The van der Waals surface area contributed by atoms with Crippen molar-refractivity contribution in [3.05, 3.63) is 53.6 Å². The molecule has 0 N–H and O–H groups in total. The molecule has 0 unspecified atom stereocenters. The fourth-order valence-electron chi connectivity index (χ4n) is 4.64. The number of hydrogen-bond donors (Lipinski definition) is 0. The van der Waals surface area contributed by atoms with Crippen LogP contribution >= 0.6 is 0 Å². The van der Waals surface area contributed by atoms with Gasteiger partial charge in [0, 0.05) is 26.2 Å². The van der Waals surface area contributed by atoms with Gasteiger partial charge in [-0.25, -0.2) is 4.90 Å². The van der Waals surface area contributed by atoms with Crippen molar-refractivity contribution in [3.63, 3.8) is 0 Å². The molecule has 172 valence electrons. The van der Waals surface area contributed by atoms with Crippen molar-refractivity contribution in [1.29, 1.82) is 0 Å². The van der Waals surface area contributed by atoms with Gasteiger partial charge in [0.1, 0.15) is 6.61 Å². The van der Waals surface area contributed by atoms with Crippen molar-refractivity contribution < 1.29 is 23.9 Å². The molecule has 2 atom stereocenters. The molecule has 2 aromatic carbocycles. The Bertz CT molecular complexity index is 1110. The normalized spacial score (nSPS) is 23.2. The van der Waals surface area contributed by atoms with Gasteiger partial charge >= 0.3 is 0 Å². The molecule has 3 heterocycles. The summed E-state index contributed by atoms with van der Waals surface area (Å²) in [6.45, 7) is 6.15. The Morgan fingerprint density at radius 1 is 0.939 bits per heavy atom. The number of benzene rings is 2. The fourth-order valence-corrected chi connectivity index (χ4v) is 4.64. The van der Waals surface area contributed by atoms with Gasteiger partial charge in [0.25, 0.3) is 11.8 Å². The first-order chi connectivity index (χ1) is 15.9. The van der Waals surface area contributed by atoms with E-state index in [1.807, 2.05) is 55.1 Å². The molecule has 3 aliphatic rings. The van der Waals surface area contributed by atoms with Crippen molar-refractivity contribution in [2.75, 3.05) is 37.7 Å². The zero-order valence-corrected chi connectivity index (χ0v) is 18.8. The van der Waals surface area contributed by atoms with Crippen LogP contribution in [0.1, 0.15) is 17.5 Å². The smallest absolute Gasteiger partial charge is 0.267 e. The number of para-hydroxylation sites is 2. The number of carbonyl (C=O) groups is 3. The Hall–Kier alpha value is -3.39. The quantitative estimate of drug-likeness (QED) is 0.667. The van der Waals surface area contributed by atoms with Crippen LogP contribution in [0.3, 0.4) is 0 Å². The van der Waals surface area contributed by atoms with Gasteiger partial charge in [-0.05, 0) is 49.2 Å². The van der Waals surface area contributed by atoms with Crippen molar-refractivity contribution in [2.24, 2.45) is 0 Å². The van der Waals surface area contributed by atoms with E-state index in [1.54, 1.807) is 11.0 Å². The van der Waals surface area contributed by atoms with Crippen LogP contribution in [0.15, 0.2) is 42.5 Å². The largest absolute Gasteiger partial charge is 0.485 e. The first-order valence-electron chi connectivity index (χ1n) is 11.3. The van der Waals surface area contributed by atoms with Crippen LogP contribution in [0, 0.1) is 13.8 Å². The van der Waals surface area contributed by atoms with E-state index >= 15 is 0 Å². The van der Waals surface area contributed by atoms with E-state index in [4.69, 9.17) is 9.47 Å². The number of carbonyl (C=O) groups excluding carboxylic acids is 3. The molecule has 33 heavy (non-hydrogen) atoms. The van der Waals surface area contributed by atoms with Crippen molar-refractivity contribution in [1.82, 2.24) is 9.80 Å². The Balaban J connectivity index is 1.21. The van der Waals surface area contributed by atoms with Gasteiger partial charge in [-0.3, -0.25) is 19.3 Å². The van der Waals surface area contributed by atoms with Crippen molar-refractivity contribution in [3.8, 4) is 11.5 Å². The Kier molecular flexibility index (Phi) is 5.54. The lowest BCUT2D eigenvalue weighted by Gasteiger charge is -2.38. The lowest BCUT2D eigenvalue weighted by molar-refractivity contribution is -0.143. The standard InChI is InChI=1S/C25H27N3O5/c1-16-7-8-18(13-17(16)2)28-23(29)14-19(24(28)30)26-9-11-27(12-10-26)25(31)22-15-32-20-5-3-4-6-21(20)33-22/h3-8,13,19,22H,9-12,14-15H2,1-2H3/t19-,22-/m0/s1. The first kappa shape index (κ1) is 21.5. The summed E-state index contributed by atoms with van der Waals surface area (Å²) in [6, 6.07) is 12.5. The molecule has 2 saturated heterocycles. The van der Waals surface area contributed by atoms with Crippen molar-refractivity contribution >= 4 is 23.4 Å². The summed E-state index contributed by atoms with van der Waals surface area (Å²) < 4.78 is 11.5. The summed E-state index contributed by atoms with van der Waals surface area (Å²) >= 11 is 0. The van der Waals surface area contributed by atoms with Crippen LogP contribution in [0.2, 0.25) is 0 Å². The number of anilines is 1. The van der Waals surface area contributed by atoms with E-state index in [0.29, 0.717) is 43.4 Å². The lowest BCUT2D eigenvalue weighted by atomic mass is 10.1. The highest BCUT2D eigenvalue weighted by molar-refractivity contribution is 6.22. The van der Waals surface area contributed by atoms with E-state index in [2.05, 4.69) is 0 Å². The van der Waals surface area contributed by atoms with E-state index in [-0.39, 0.29) is 30.7 Å². The van der Waals surface area contributed by atoms with Gasteiger partial charge in [0.2, 0.25) is 12.0 Å². The van der Waals surface area contributed by atoms with Gasteiger partial charge in [0.15, 0.2) is 11.5 Å². The van der Waals surface area contributed by atoms with E-state index in [9.17, 15) is 14.4 Å². The highest BCUT2D eigenvalue weighted by Gasteiger charge is 2.44. The molecule has 0 bridgehead atoms. The summed E-state index contributed by atoms with van der Waals surface area (Å²) in [5.41, 5.74) is 2.78. The molecule has 2 aromatic rings. The van der Waals surface area contributed by atoms with Gasteiger partial charge in [0.05, 0.1) is 18.2 Å². The highest BCUT2D eigenvalue weighted by Crippen LogP contribution is 2.32. The molecule has 8 heteroatoms. The summed E-state index contributed by atoms with van der Waals surface area (Å²) in [7, 11) is 0. The maximum absolute atomic E-state index is 13.1. The minimum absolute atomic E-state index is 0.116. The summed E-state index contributed by atoms with van der Waals surface area (Å²) in [6.07, 6.45) is -0.516. The molecule has 0 radical (unpaired) electrons. The average Bonchev–Trinajstić information content (AvgIpc) is 3.14. The van der Waals surface area contributed by atoms with Gasteiger partial charge in [-0.2, -0.15) is 0 Å². The number of hydrogen-bond acceptors (Lipinski definition) is 6. The predicted octanol–water partition coefficient (Wildman–Crippen LogP) is 1.92. The maximum Gasteiger partial charge on any atom is 0.267 e. The molecule has 0 spiro atoms. The molecule has 0 aromatic heterocycles. The highest BCUT2D eigenvalue weighted by atomic mass is 16.6. The molecule has 2 fully saturated rings. The topological polar surface area (TPSA) is 79.4 Å². The van der Waals surface area contributed by atoms with Crippen LogP contribution in [0.5, 0.6) is 11.5 Å². The third-order valence-corrected chi connectivity index (χ3v) is 6.72. The SMILES string of the molecule is Cc1ccc(N2C(=O)C[C@H](N3CCN(C(=O)[C@@H]4COc5ccccc5O4)CC3)C2=O)cc1C. The molecular weight excluding hydrogens is 422 g/mol. The van der Waals surface area contributed by atoms with E-state index in [1.165, 1.54) is 4.90 Å². The lowest BCUT2D eigenvalue weighted by Crippen LogP contribution is -2.57. The number of imide groups is 1. The summed E-state index contributed by atoms with van der Waals surface area (Å²) in [4.78, 5) is 43.9. The molecule has 0 saturated carbocycles. The Labute approximate surface area is 192 Å². The fraction of sp³-hybridized carbons (Fsp3) is 0.400. The van der Waals surface area contributed by atoms with Crippen LogP contribution in [0.4, 0.5) is 5.69 Å². The molecule has 3 aliphatic heterocycles. The molecule has 3 amide bonds. The Morgan fingerprint density at radius 2 is 1.67 bits per heavy atom. The van der Waals surface area contributed by atoms with Crippen LogP contribution in [-0.2, 0) is 14.4 Å². The number of aryl methyl sites for hydroxylation is 2. The zero-order valence-electron chi connectivity index (χ0n) is 18.8. The second-order valence-corrected chi connectivity index (χ2v) is 8.78. The minimum atomic E-state index is -0.679. The number of piperazine rings is 1. The number of rotatable bonds is 3. The van der Waals surface area contributed by atoms with Gasteiger partial charge in [-0.15, -0.1) is 0 Å². The number of fused-ring (bicyclic) bond motifs is 1. The Morgan fingerprint density at radius 3 is 2.39 bits per heavy atom. The molecule has 8 nitrogen and oxygen atoms in total. The second kappa shape index (κ2) is 8.51. The van der Waals surface area contributed by atoms with Gasteiger partial charge in [-0.1, -0.05) is 18.2 Å². The third kappa shape index (κ3) is 3.95. The van der Waals surface area contributed by atoms with Gasteiger partial charge < -0.3 is 14.4 Å². The number of nitrogens with zero attached hydrogens (tertiary/aromatic N) is 3. The second-order valence-electron chi connectivity index (χ2n) is 8.78. The molecular formula is C25H27N3O5. The number of ether oxygens (including phenoxy) is 2. The van der Waals surface area contributed by atoms with Crippen LogP contribution < -0.4 is 14.4 Å². The van der Waals surface area contributed by atoms with Crippen LogP contribution in [0.25, 0.3) is 0 Å². The molecule has 0 aliphatic carbocycles. The third-order valence-electron chi connectivity index (χ3n) is 6.72. The predicted molar refractivity (Wildman–Crippen MR) is 121 cm³/mol. The molecule has 5 rings (SSSR count). The average molecular weight is 450 g/mol. The zero-order chi connectivity index (χ0) is 23.1. The number of amides is 3. The maximum atomic E-state index is 13.1. The first-order valence-corrected chi connectivity index (χ1v) is 11.3. The van der Waals surface area contributed by atoms with Crippen LogP contribution in [-0.4, -0.2) is 72.5 Å². The van der Waals surface area contributed by atoms with Crippen molar-refractivity contribution in [2.45, 2.75) is 32.4 Å². The summed E-state index contributed by atoms with van der Waals surface area (Å²) in [5.74, 6) is 0.725. The monoisotopic (exact) mass is 449 g/mol. The van der Waals surface area contributed by atoms with E-state index in [0.717, 1.165) is 11.1 Å². The minimum Gasteiger partial charge on any atom is -0.485 e. The van der Waals surface area contributed by atoms with E-state index < -0.39 is 12.1 Å².